The predicted molar refractivity (Wildman–Crippen MR) is 211 cm³/mol. The third-order valence-electron chi connectivity index (χ3n) is 8.12. The molecular weight excluding hydrogens is 577 g/mol. The number of anilines is 3. The lowest BCUT2D eigenvalue weighted by molar-refractivity contribution is 0.381. The summed E-state index contributed by atoms with van der Waals surface area (Å²) >= 11 is 0. The lowest BCUT2D eigenvalue weighted by Crippen LogP contribution is -2.56. The van der Waals surface area contributed by atoms with Gasteiger partial charge in [-0.15, -0.1) is 0 Å². The Balaban J connectivity index is 2.63. The molecular formula is C42H66N3P. The molecule has 3 rings (SSSR count). The van der Waals surface area contributed by atoms with Crippen LogP contribution < -0.4 is 30.6 Å². The van der Waals surface area contributed by atoms with Crippen molar-refractivity contribution in [3.8, 4) is 0 Å². The van der Waals surface area contributed by atoms with Crippen LogP contribution in [0.25, 0.3) is 0 Å². The molecule has 0 radical (unpaired) electrons. The number of hydrogen-bond donors (Lipinski definition) is 0. The molecule has 0 atom stereocenters. The van der Waals surface area contributed by atoms with Gasteiger partial charge in [-0.2, -0.15) is 0 Å². The first-order valence-electron chi connectivity index (χ1n) is 17.2. The van der Waals surface area contributed by atoms with Crippen LogP contribution in [0, 0.1) is 0 Å². The maximum atomic E-state index is 2.65. The molecule has 0 bridgehead atoms. The Morgan fingerprint density at radius 3 is 0.652 bits per heavy atom. The molecule has 0 N–H and O–H groups in total. The summed E-state index contributed by atoms with van der Waals surface area (Å²) in [6, 6.07) is 27.8. The maximum absolute atomic E-state index is 2.65. The molecule has 254 valence electrons. The van der Waals surface area contributed by atoms with E-state index in [0.29, 0.717) is 0 Å². The highest BCUT2D eigenvalue weighted by Gasteiger charge is 2.40. The van der Waals surface area contributed by atoms with E-state index in [1.807, 2.05) is 0 Å². The molecule has 3 aromatic rings. The van der Waals surface area contributed by atoms with Crippen LogP contribution in [0.1, 0.15) is 125 Å². The zero-order chi connectivity index (χ0) is 35.3. The van der Waals surface area contributed by atoms with E-state index < -0.39 is 7.92 Å². The first-order valence-corrected chi connectivity index (χ1v) is 18.5. The van der Waals surface area contributed by atoms with Gasteiger partial charge in [0.15, 0.2) is 0 Å². The van der Waals surface area contributed by atoms with Gasteiger partial charge in [0.25, 0.3) is 0 Å². The first-order chi connectivity index (χ1) is 20.7. The molecule has 4 heteroatoms. The van der Waals surface area contributed by atoms with Crippen molar-refractivity contribution in [1.82, 2.24) is 0 Å². The van der Waals surface area contributed by atoms with Gasteiger partial charge < -0.3 is 14.7 Å². The second-order valence-electron chi connectivity index (χ2n) is 18.8. The van der Waals surface area contributed by atoms with E-state index in [4.69, 9.17) is 0 Å². The molecule has 0 heterocycles. The number of nitrogens with zero attached hydrogens (tertiary/aromatic N) is 3. The van der Waals surface area contributed by atoms with Crippen molar-refractivity contribution in [2.75, 3.05) is 14.7 Å². The highest BCUT2D eigenvalue weighted by molar-refractivity contribution is 7.80. The van der Waals surface area contributed by atoms with Crippen LogP contribution in [0.15, 0.2) is 72.8 Å². The molecule has 0 unspecified atom stereocenters. The minimum atomic E-state index is -1.01. The third kappa shape index (κ3) is 8.31. The van der Waals surface area contributed by atoms with Crippen molar-refractivity contribution in [3.05, 3.63) is 72.8 Å². The van der Waals surface area contributed by atoms with Gasteiger partial charge >= 0.3 is 0 Å². The van der Waals surface area contributed by atoms with E-state index in [9.17, 15) is 0 Å². The quantitative estimate of drug-likeness (QED) is 0.248. The Morgan fingerprint density at radius 1 is 0.304 bits per heavy atom. The first kappa shape index (κ1) is 37.9. The lowest BCUT2D eigenvalue weighted by Gasteiger charge is -2.51. The summed E-state index contributed by atoms with van der Waals surface area (Å²) in [4.78, 5) is 7.94. The van der Waals surface area contributed by atoms with Gasteiger partial charge in [-0.05, 0) is 151 Å². The summed E-state index contributed by atoms with van der Waals surface area (Å²) in [5.74, 6) is 0. The molecule has 0 saturated carbocycles. The van der Waals surface area contributed by atoms with Crippen LogP contribution in [-0.4, -0.2) is 33.2 Å². The Hall–Kier alpha value is -2.51. The van der Waals surface area contributed by atoms with Gasteiger partial charge in [0.05, 0.1) is 0 Å². The molecule has 0 aromatic heterocycles. The van der Waals surface area contributed by atoms with Gasteiger partial charge in [-0.3, -0.25) is 0 Å². The monoisotopic (exact) mass is 643 g/mol. The molecule has 3 aromatic carbocycles. The largest absolute Gasteiger partial charge is 0.361 e. The summed E-state index contributed by atoms with van der Waals surface area (Å²) in [5.41, 5.74) is 3.44. The fraction of sp³-hybridized carbons (Fsp3) is 0.571. The van der Waals surface area contributed by atoms with Crippen molar-refractivity contribution in [1.29, 1.82) is 0 Å². The van der Waals surface area contributed by atoms with Crippen LogP contribution in [0.5, 0.6) is 0 Å². The van der Waals surface area contributed by atoms with E-state index >= 15 is 0 Å². The third-order valence-corrected chi connectivity index (χ3v) is 10.7. The number of hydrogen-bond acceptors (Lipinski definition) is 3. The van der Waals surface area contributed by atoms with Crippen LogP contribution in [0.2, 0.25) is 0 Å². The lowest BCUT2D eigenvalue weighted by atomic mass is 9.94. The van der Waals surface area contributed by atoms with E-state index in [-0.39, 0.29) is 33.2 Å². The molecule has 0 aliphatic carbocycles. The van der Waals surface area contributed by atoms with Crippen LogP contribution in [-0.2, 0) is 0 Å². The molecule has 0 aliphatic rings. The smallest absolute Gasteiger partial charge is 0.0459 e. The van der Waals surface area contributed by atoms with Crippen LogP contribution in [0.4, 0.5) is 17.1 Å². The summed E-state index contributed by atoms with van der Waals surface area (Å²) in [6.45, 7) is 42.3. The molecule has 0 amide bonds. The molecule has 3 nitrogen and oxygen atoms in total. The zero-order valence-corrected chi connectivity index (χ0v) is 33.6. The Morgan fingerprint density at radius 2 is 0.478 bits per heavy atom. The van der Waals surface area contributed by atoms with Gasteiger partial charge in [0, 0.05) is 66.2 Å². The van der Waals surface area contributed by atoms with Crippen LogP contribution in [0.3, 0.4) is 0 Å². The fourth-order valence-electron chi connectivity index (χ4n) is 8.10. The Kier molecular flexibility index (Phi) is 10.6. The summed E-state index contributed by atoms with van der Waals surface area (Å²) in [7, 11) is -1.01. The van der Waals surface area contributed by atoms with Crippen molar-refractivity contribution in [3.63, 3.8) is 0 Å². The average Bonchev–Trinajstić information content (AvgIpc) is 2.82. The molecule has 0 spiro atoms. The van der Waals surface area contributed by atoms with Gasteiger partial charge in [-0.1, -0.05) is 54.6 Å². The SMILES string of the molecule is CC(C)(C)N(c1ccccc1P(c1ccccc1N(C(C)(C)C)C(C)(C)C)c1ccccc1N(C(C)(C)C)C(C)(C)C)C(C)(C)C. The standard InChI is InChI=1S/C42H66N3P/c1-37(2,3)43(38(4,5)6)31-25-19-22-28-34(31)46(35-29-23-20-26-32(35)44(39(7,8)9)40(10,11)12)36-30-24-21-27-33(36)45(41(13,14)15)42(16,17)18/h19-30H,1-18H3. The number of para-hydroxylation sites is 3. The summed E-state index contributed by atoms with van der Waals surface area (Å²) in [6.07, 6.45) is 0. The van der Waals surface area contributed by atoms with E-state index in [0.717, 1.165) is 0 Å². The molecule has 0 saturated heterocycles. The van der Waals surface area contributed by atoms with Crippen molar-refractivity contribution in [2.24, 2.45) is 0 Å². The van der Waals surface area contributed by atoms with E-state index in [1.54, 1.807) is 0 Å². The Bertz CT molecular complexity index is 1240. The fourth-order valence-corrected chi connectivity index (χ4v) is 10.8. The van der Waals surface area contributed by atoms with Crippen molar-refractivity contribution < 1.29 is 0 Å². The van der Waals surface area contributed by atoms with Gasteiger partial charge in [0.1, 0.15) is 0 Å². The minimum Gasteiger partial charge on any atom is -0.361 e. The second kappa shape index (κ2) is 12.8. The number of benzene rings is 3. The molecule has 46 heavy (non-hydrogen) atoms. The summed E-state index contributed by atoms with van der Waals surface area (Å²) < 4.78 is 0. The molecule has 0 aliphatic heterocycles. The Labute approximate surface area is 285 Å². The van der Waals surface area contributed by atoms with Gasteiger partial charge in [-0.25, -0.2) is 0 Å². The topological polar surface area (TPSA) is 9.72 Å². The highest BCUT2D eigenvalue weighted by Crippen LogP contribution is 2.47. The second-order valence-corrected chi connectivity index (χ2v) is 20.9. The van der Waals surface area contributed by atoms with Crippen molar-refractivity contribution in [2.45, 2.75) is 158 Å². The highest BCUT2D eigenvalue weighted by atomic mass is 31.1. The molecule has 0 fully saturated rings. The zero-order valence-electron chi connectivity index (χ0n) is 32.7. The van der Waals surface area contributed by atoms with Gasteiger partial charge in [0.2, 0.25) is 0 Å². The maximum Gasteiger partial charge on any atom is 0.0459 e. The van der Waals surface area contributed by atoms with Crippen molar-refractivity contribution >= 4 is 40.9 Å². The predicted octanol–water partition coefficient (Wildman–Crippen LogP) is 10.7. The average molecular weight is 644 g/mol. The number of rotatable bonds is 6. The summed E-state index contributed by atoms with van der Waals surface area (Å²) in [5, 5.41) is 4.19. The minimum absolute atomic E-state index is 0.0832. The van der Waals surface area contributed by atoms with Crippen LogP contribution >= 0.6 is 7.92 Å². The van der Waals surface area contributed by atoms with E-state index in [2.05, 4.69) is 212 Å². The normalized spacial score (nSPS) is 13.6. The van der Waals surface area contributed by atoms with E-state index in [1.165, 1.54) is 33.0 Å².